The van der Waals surface area contributed by atoms with Gasteiger partial charge >= 0.3 is 0 Å². The van der Waals surface area contributed by atoms with Crippen LogP contribution in [0.25, 0.3) is 0 Å². The molecule has 0 aromatic rings. The van der Waals surface area contributed by atoms with E-state index in [1.54, 1.807) is 0 Å². The van der Waals surface area contributed by atoms with E-state index in [1.165, 1.54) is 9.80 Å². The maximum absolute atomic E-state index is 12.8. The lowest BCUT2D eigenvalue weighted by atomic mass is 10.2. The minimum atomic E-state index is -0.245. The molecule has 4 aliphatic heterocycles. The number of imide groups is 2. The zero-order valence-electron chi connectivity index (χ0n) is 20.4. The van der Waals surface area contributed by atoms with Crippen molar-refractivity contribution in [3.63, 3.8) is 0 Å². The SMILES string of the molecule is CC(N1CCNCC1)N1C(=O)CN(CCN2CC(=O)N(C(C)N3CCNCC3)C(=O)C2)CC1=O. The van der Waals surface area contributed by atoms with Crippen LogP contribution in [0.1, 0.15) is 13.8 Å². The van der Waals surface area contributed by atoms with Crippen LogP contribution < -0.4 is 10.6 Å². The smallest absolute Gasteiger partial charge is 0.244 e. The molecule has 0 spiro atoms. The van der Waals surface area contributed by atoms with Crippen molar-refractivity contribution >= 4 is 23.6 Å². The van der Waals surface area contributed by atoms with Crippen LogP contribution in [0.2, 0.25) is 0 Å². The molecule has 0 aliphatic carbocycles. The maximum Gasteiger partial charge on any atom is 0.244 e. The lowest BCUT2D eigenvalue weighted by Crippen LogP contribution is -2.64. The molecule has 4 heterocycles. The van der Waals surface area contributed by atoms with E-state index in [9.17, 15) is 19.2 Å². The summed E-state index contributed by atoms with van der Waals surface area (Å²) in [7, 11) is 0. The van der Waals surface area contributed by atoms with Gasteiger partial charge in [0.25, 0.3) is 0 Å². The number of carbonyl (C=O) groups is 4. The van der Waals surface area contributed by atoms with Crippen molar-refractivity contribution in [2.45, 2.75) is 26.2 Å². The molecule has 4 amide bonds. The Morgan fingerprint density at radius 3 is 1.18 bits per heavy atom. The number of rotatable bonds is 7. The van der Waals surface area contributed by atoms with E-state index in [1.807, 2.05) is 23.6 Å². The summed E-state index contributed by atoms with van der Waals surface area (Å²) in [5, 5.41) is 6.57. The molecular weight excluding hydrogens is 440 g/mol. The van der Waals surface area contributed by atoms with Gasteiger partial charge in [-0.25, -0.2) is 0 Å². The van der Waals surface area contributed by atoms with Gasteiger partial charge in [0, 0.05) is 65.4 Å². The van der Waals surface area contributed by atoms with Gasteiger partial charge in [-0.1, -0.05) is 0 Å². The first kappa shape index (κ1) is 25.1. The number of hydrogen-bond acceptors (Lipinski definition) is 10. The van der Waals surface area contributed by atoms with Gasteiger partial charge in [0.1, 0.15) is 0 Å². The monoisotopic (exact) mass is 478 g/mol. The van der Waals surface area contributed by atoms with Crippen LogP contribution in [-0.2, 0) is 19.2 Å². The summed E-state index contributed by atoms with van der Waals surface area (Å²) >= 11 is 0. The van der Waals surface area contributed by atoms with Crippen molar-refractivity contribution < 1.29 is 19.2 Å². The van der Waals surface area contributed by atoms with Crippen LogP contribution in [-0.4, -0.2) is 157 Å². The molecule has 2 atom stereocenters. The Bertz CT molecular complexity index is 683. The minimum Gasteiger partial charge on any atom is -0.314 e. The largest absolute Gasteiger partial charge is 0.314 e. The van der Waals surface area contributed by atoms with Gasteiger partial charge in [0.15, 0.2) is 0 Å². The van der Waals surface area contributed by atoms with Gasteiger partial charge in [0.05, 0.1) is 38.5 Å². The summed E-state index contributed by atoms with van der Waals surface area (Å²) < 4.78 is 0. The van der Waals surface area contributed by atoms with Crippen LogP contribution >= 0.6 is 0 Å². The highest BCUT2D eigenvalue weighted by atomic mass is 16.2. The highest BCUT2D eigenvalue weighted by molar-refractivity contribution is 6.00. The number of piperazine rings is 4. The van der Waals surface area contributed by atoms with Crippen molar-refractivity contribution in [2.75, 3.05) is 91.6 Å². The molecule has 0 radical (unpaired) electrons. The second kappa shape index (κ2) is 11.2. The molecule has 2 unspecified atom stereocenters. The van der Waals surface area contributed by atoms with Crippen molar-refractivity contribution in [3.05, 3.63) is 0 Å². The summed E-state index contributed by atoms with van der Waals surface area (Å²) in [6, 6.07) is 0. The number of carbonyl (C=O) groups excluding carboxylic acids is 4. The Balaban J connectivity index is 1.26. The lowest BCUT2D eigenvalue weighted by molar-refractivity contribution is -0.162. The van der Waals surface area contributed by atoms with Crippen LogP contribution in [0.4, 0.5) is 0 Å². The van der Waals surface area contributed by atoms with E-state index in [0.29, 0.717) is 13.1 Å². The Kier molecular flexibility index (Phi) is 8.27. The first-order chi connectivity index (χ1) is 16.3. The molecule has 12 nitrogen and oxygen atoms in total. The molecule has 0 saturated carbocycles. The van der Waals surface area contributed by atoms with Crippen molar-refractivity contribution in [1.82, 2.24) is 40.0 Å². The number of amides is 4. The fourth-order valence-corrected chi connectivity index (χ4v) is 5.33. The summed E-state index contributed by atoms with van der Waals surface area (Å²) in [6.45, 7) is 12.1. The van der Waals surface area contributed by atoms with E-state index in [-0.39, 0.29) is 62.1 Å². The van der Waals surface area contributed by atoms with Gasteiger partial charge < -0.3 is 10.6 Å². The minimum absolute atomic E-state index is 0.171. The van der Waals surface area contributed by atoms with Crippen LogP contribution in [0.3, 0.4) is 0 Å². The Morgan fingerprint density at radius 2 is 0.882 bits per heavy atom. The molecule has 4 saturated heterocycles. The fourth-order valence-electron chi connectivity index (χ4n) is 5.33. The predicted molar refractivity (Wildman–Crippen MR) is 124 cm³/mol. The Labute approximate surface area is 201 Å². The molecule has 0 aromatic heterocycles. The van der Waals surface area contributed by atoms with E-state index in [0.717, 1.165) is 52.4 Å². The second-order valence-electron chi connectivity index (χ2n) is 9.57. The first-order valence-corrected chi connectivity index (χ1v) is 12.4. The Morgan fingerprint density at radius 1 is 0.588 bits per heavy atom. The number of hydrogen-bond donors (Lipinski definition) is 2. The topological polar surface area (TPSA) is 112 Å². The van der Waals surface area contributed by atoms with Gasteiger partial charge in [-0.15, -0.1) is 0 Å². The average Bonchev–Trinajstić information content (AvgIpc) is 2.83. The highest BCUT2D eigenvalue weighted by Crippen LogP contribution is 2.16. The molecule has 0 aromatic carbocycles. The molecule has 34 heavy (non-hydrogen) atoms. The fraction of sp³-hybridized carbons (Fsp3) is 0.818. The third-order valence-electron chi connectivity index (χ3n) is 7.35. The average molecular weight is 479 g/mol. The Hall–Kier alpha value is -1.96. The summed E-state index contributed by atoms with van der Waals surface area (Å²) in [4.78, 5) is 62.0. The summed E-state index contributed by atoms with van der Waals surface area (Å²) in [5.41, 5.74) is 0. The zero-order chi connectivity index (χ0) is 24.2. The van der Waals surface area contributed by atoms with Crippen LogP contribution in [0.5, 0.6) is 0 Å². The highest BCUT2D eigenvalue weighted by Gasteiger charge is 2.39. The zero-order valence-corrected chi connectivity index (χ0v) is 20.4. The molecular formula is C22H38N8O4. The van der Waals surface area contributed by atoms with Crippen molar-refractivity contribution in [3.8, 4) is 0 Å². The third-order valence-corrected chi connectivity index (χ3v) is 7.35. The molecule has 2 N–H and O–H groups in total. The molecule has 4 aliphatic rings. The van der Waals surface area contributed by atoms with Crippen LogP contribution in [0.15, 0.2) is 0 Å². The molecule has 0 bridgehead atoms. The second-order valence-corrected chi connectivity index (χ2v) is 9.57. The van der Waals surface area contributed by atoms with Crippen molar-refractivity contribution in [2.24, 2.45) is 0 Å². The maximum atomic E-state index is 12.8. The number of nitrogens with one attached hydrogen (secondary N) is 2. The molecule has 190 valence electrons. The van der Waals surface area contributed by atoms with Crippen molar-refractivity contribution in [1.29, 1.82) is 0 Å². The van der Waals surface area contributed by atoms with E-state index in [4.69, 9.17) is 0 Å². The van der Waals surface area contributed by atoms with Crippen LogP contribution in [0, 0.1) is 0 Å². The number of nitrogens with zero attached hydrogens (tertiary/aromatic N) is 6. The van der Waals surface area contributed by atoms with Gasteiger partial charge in [0.2, 0.25) is 23.6 Å². The molecule has 12 heteroatoms. The van der Waals surface area contributed by atoms with Gasteiger partial charge in [-0.2, -0.15) is 0 Å². The standard InChI is InChI=1S/C22H38N8O4/c1-17(27-7-3-23-4-8-27)29-19(31)13-25(14-20(29)32)11-12-26-15-21(33)30(22(34)16-26)18(2)28-9-5-24-6-10-28/h17-18,23-24H,3-16H2,1-2H3. The van der Waals surface area contributed by atoms with Gasteiger partial charge in [-0.3, -0.25) is 48.6 Å². The third kappa shape index (κ3) is 5.64. The summed E-state index contributed by atoms with van der Waals surface area (Å²) in [5.74, 6) is -0.763. The molecule has 4 rings (SSSR count). The van der Waals surface area contributed by atoms with E-state index >= 15 is 0 Å². The first-order valence-electron chi connectivity index (χ1n) is 12.4. The molecule has 4 fully saturated rings. The summed E-state index contributed by atoms with van der Waals surface area (Å²) in [6.07, 6.45) is -0.490. The van der Waals surface area contributed by atoms with E-state index in [2.05, 4.69) is 20.4 Å². The van der Waals surface area contributed by atoms with E-state index < -0.39 is 0 Å². The quantitative estimate of drug-likeness (QED) is 0.364. The predicted octanol–water partition coefficient (Wildman–Crippen LogP) is -3.17. The normalized spacial score (nSPS) is 26.9. The lowest BCUT2D eigenvalue weighted by Gasteiger charge is -2.43. The van der Waals surface area contributed by atoms with Gasteiger partial charge in [-0.05, 0) is 13.8 Å².